The molecule has 0 saturated heterocycles. The quantitative estimate of drug-likeness (QED) is 0.728. The third-order valence-electron chi connectivity index (χ3n) is 1.93. The molecule has 0 aliphatic heterocycles. The molecule has 0 aromatic carbocycles. The Morgan fingerprint density at radius 2 is 1.92 bits per heavy atom. The zero-order chi connectivity index (χ0) is 9.14. The molecule has 0 aliphatic rings. The summed E-state index contributed by atoms with van der Waals surface area (Å²) in [6.07, 6.45) is 1.86. The average Bonchev–Trinajstić information content (AvgIpc) is 2.04. The van der Waals surface area contributed by atoms with Gasteiger partial charge in [-0.2, -0.15) is 0 Å². The Labute approximate surface area is 73.8 Å². The Balaban J connectivity index is 2.86. The van der Waals surface area contributed by atoms with Crippen LogP contribution in [0.25, 0.3) is 0 Å². The molecular weight excluding hydrogens is 148 g/mol. The molecule has 0 saturated carbocycles. The zero-order valence-electron chi connectivity index (χ0n) is 7.91. The second-order valence-electron chi connectivity index (χ2n) is 3.46. The first-order valence-electron chi connectivity index (χ1n) is 4.32. The van der Waals surface area contributed by atoms with Crippen LogP contribution in [0, 0.1) is 0 Å². The molecular formula is C10H16N2. The molecule has 66 valence electrons. The third kappa shape index (κ3) is 2.05. The Bertz CT molecular complexity index is 210. The molecule has 0 spiro atoms. The van der Waals surface area contributed by atoms with Crippen LogP contribution < -0.4 is 5.73 Å². The van der Waals surface area contributed by atoms with E-state index in [0.29, 0.717) is 5.92 Å². The van der Waals surface area contributed by atoms with Crippen molar-refractivity contribution in [1.29, 1.82) is 0 Å². The first-order chi connectivity index (χ1) is 5.61. The van der Waals surface area contributed by atoms with Gasteiger partial charge in [0, 0.05) is 17.9 Å². The van der Waals surface area contributed by atoms with E-state index in [2.05, 4.69) is 18.8 Å². The summed E-state index contributed by atoms with van der Waals surface area (Å²) >= 11 is 0. The Morgan fingerprint density at radius 3 is 2.25 bits per heavy atom. The van der Waals surface area contributed by atoms with Gasteiger partial charge in [-0.3, -0.25) is 4.98 Å². The monoisotopic (exact) mass is 164 g/mol. The number of rotatable bonds is 2. The second-order valence-corrected chi connectivity index (χ2v) is 3.46. The fourth-order valence-corrected chi connectivity index (χ4v) is 1.03. The first kappa shape index (κ1) is 9.20. The first-order valence-corrected chi connectivity index (χ1v) is 4.32. The predicted octanol–water partition coefficient (Wildman–Crippen LogP) is 2.22. The third-order valence-corrected chi connectivity index (χ3v) is 1.93. The van der Waals surface area contributed by atoms with Crippen molar-refractivity contribution < 1.29 is 0 Å². The van der Waals surface area contributed by atoms with Gasteiger partial charge in [-0.25, -0.2) is 0 Å². The van der Waals surface area contributed by atoms with Crippen LogP contribution in [-0.4, -0.2) is 4.98 Å². The smallest absolute Gasteiger partial charge is 0.0429 e. The van der Waals surface area contributed by atoms with E-state index in [9.17, 15) is 0 Å². The summed E-state index contributed by atoms with van der Waals surface area (Å²) < 4.78 is 0. The van der Waals surface area contributed by atoms with Crippen LogP contribution in [0.3, 0.4) is 0 Å². The van der Waals surface area contributed by atoms with Crippen LogP contribution in [0.4, 0.5) is 0 Å². The molecule has 1 atom stereocenters. The van der Waals surface area contributed by atoms with E-state index < -0.39 is 0 Å². The van der Waals surface area contributed by atoms with E-state index in [1.807, 2.05) is 25.3 Å². The minimum atomic E-state index is 0.0821. The van der Waals surface area contributed by atoms with Crippen molar-refractivity contribution in [1.82, 2.24) is 4.98 Å². The summed E-state index contributed by atoms with van der Waals surface area (Å²) in [5.41, 5.74) is 7.92. The molecule has 1 aromatic heterocycles. The molecule has 1 heterocycles. The highest BCUT2D eigenvalue weighted by Gasteiger charge is 2.02. The molecule has 2 N–H and O–H groups in total. The molecule has 12 heavy (non-hydrogen) atoms. The molecule has 0 bridgehead atoms. The lowest BCUT2D eigenvalue weighted by molar-refractivity contribution is 0.785. The SMILES string of the molecule is CC(C)c1ccc(C(C)N)cn1. The predicted molar refractivity (Wildman–Crippen MR) is 50.9 cm³/mol. The fourth-order valence-electron chi connectivity index (χ4n) is 1.03. The number of aromatic nitrogens is 1. The van der Waals surface area contributed by atoms with E-state index in [4.69, 9.17) is 5.73 Å². The maximum absolute atomic E-state index is 5.70. The van der Waals surface area contributed by atoms with Crippen molar-refractivity contribution in [3.63, 3.8) is 0 Å². The summed E-state index contributed by atoms with van der Waals surface area (Å²) in [6, 6.07) is 4.18. The summed E-state index contributed by atoms with van der Waals surface area (Å²) in [4.78, 5) is 4.32. The van der Waals surface area contributed by atoms with Crippen molar-refractivity contribution in [2.45, 2.75) is 32.7 Å². The van der Waals surface area contributed by atoms with Gasteiger partial charge in [0.25, 0.3) is 0 Å². The molecule has 1 rings (SSSR count). The maximum atomic E-state index is 5.70. The Kier molecular flexibility index (Phi) is 2.82. The van der Waals surface area contributed by atoms with E-state index in [-0.39, 0.29) is 6.04 Å². The summed E-state index contributed by atoms with van der Waals surface area (Å²) in [7, 11) is 0. The van der Waals surface area contributed by atoms with Crippen LogP contribution in [0.5, 0.6) is 0 Å². The molecule has 2 heteroatoms. The van der Waals surface area contributed by atoms with Crippen molar-refractivity contribution >= 4 is 0 Å². The topological polar surface area (TPSA) is 38.9 Å². The van der Waals surface area contributed by atoms with Crippen molar-refractivity contribution in [2.24, 2.45) is 5.73 Å². The van der Waals surface area contributed by atoms with Crippen molar-refractivity contribution in [3.8, 4) is 0 Å². The Hall–Kier alpha value is -0.890. The highest BCUT2D eigenvalue weighted by Crippen LogP contribution is 2.13. The summed E-state index contributed by atoms with van der Waals surface area (Å²) in [5.74, 6) is 0.493. The van der Waals surface area contributed by atoms with Gasteiger partial charge in [-0.15, -0.1) is 0 Å². The highest BCUT2D eigenvalue weighted by atomic mass is 14.7. The van der Waals surface area contributed by atoms with E-state index in [1.165, 1.54) is 0 Å². The van der Waals surface area contributed by atoms with Gasteiger partial charge in [-0.1, -0.05) is 19.9 Å². The summed E-state index contributed by atoms with van der Waals surface area (Å²) in [6.45, 7) is 6.23. The van der Waals surface area contributed by atoms with Gasteiger partial charge in [0.05, 0.1) is 0 Å². The van der Waals surface area contributed by atoms with Gasteiger partial charge < -0.3 is 5.73 Å². The number of nitrogens with two attached hydrogens (primary N) is 1. The minimum absolute atomic E-state index is 0.0821. The van der Waals surface area contributed by atoms with Crippen molar-refractivity contribution in [3.05, 3.63) is 29.6 Å². The molecule has 0 aliphatic carbocycles. The minimum Gasteiger partial charge on any atom is -0.324 e. The van der Waals surface area contributed by atoms with Crippen LogP contribution in [-0.2, 0) is 0 Å². The number of nitrogens with zero attached hydrogens (tertiary/aromatic N) is 1. The van der Waals surface area contributed by atoms with Gasteiger partial charge in [0.1, 0.15) is 0 Å². The molecule has 0 fully saturated rings. The number of pyridine rings is 1. The van der Waals surface area contributed by atoms with Crippen LogP contribution in [0.15, 0.2) is 18.3 Å². The Morgan fingerprint density at radius 1 is 1.25 bits per heavy atom. The van der Waals surface area contributed by atoms with Gasteiger partial charge >= 0.3 is 0 Å². The van der Waals surface area contributed by atoms with Gasteiger partial charge in [-0.05, 0) is 24.5 Å². The summed E-state index contributed by atoms with van der Waals surface area (Å²) in [5, 5.41) is 0. The average molecular weight is 164 g/mol. The van der Waals surface area contributed by atoms with E-state index in [0.717, 1.165) is 11.3 Å². The largest absolute Gasteiger partial charge is 0.324 e. The van der Waals surface area contributed by atoms with Crippen molar-refractivity contribution in [2.75, 3.05) is 0 Å². The van der Waals surface area contributed by atoms with Crippen LogP contribution >= 0.6 is 0 Å². The molecule has 1 aromatic rings. The zero-order valence-corrected chi connectivity index (χ0v) is 7.91. The van der Waals surface area contributed by atoms with Crippen LogP contribution in [0.2, 0.25) is 0 Å². The lowest BCUT2D eigenvalue weighted by atomic mass is 10.1. The van der Waals surface area contributed by atoms with E-state index >= 15 is 0 Å². The van der Waals surface area contributed by atoms with Gasteiger partial charge in [0.2, 0.25) is 0 Å². The number of hydrogen-bond donors (Lipinski definition) is 1. The van der Waals surface area contributed by atoms with Crippen LogP contribution in [0.1, 0.15) is 44.0 Å². The molecule has 1 unspecified atom stereocenters. The molecule has 0 amide bonds. The lowest BCUT2D eigenvalue weighted by Gasteiger charge is -2.07. The maximum Gasteiger partial charge on any atom is 0.0429 e. The highest BCUT2D eigenvalue weighted by molar-refractivity contribution is 5.18. The van der Waals surface area contributed by atoms with Gasteiger partial charge in [0.15, 0.2) is 0 Å². The number of hydrogen-bond acceptors (Lipinski definition) is 2. The lowest BCUT2D eigenvalue weighted by Crippen LogP contribution is -2.05. The van der Waals surface area contributed by atoms with E-state index in [1.54, 1.807) is 0 Å². The molecule has 2 nitrogen and oxygen atoms in total. The normalized spacial score (nSPS) is 13.4. The molecule has 0 radical (unpaired) electrons. The fraction of sp³-hybridized carbons (Fsp3) is 0.500. The second kappa shape index (κ2) is 3.68. The standard InChI is InChI=1S/C10H16N2/c1-7(2)10-5-4-9(6-12-10)8(3)11/h4-8H,11H2,1-3H3.